The van der Waals surface area contributed by atoms with Crippen molar-refractivity contribution in [3.63, 3.8) is 0 Å². The molecular weight excluding hydrogens is 383 g/mol. The van der Waals surface area contributed by atoms with Crippen LogP contribution in [-0.2, 0) is 17.1 Å². The Hall–Kier alpha value is 3.13. The van der Waals surface area contributed by atoms with Crippen LogP contribution in [0.5, 0.6) is 0 Å². The summed E-state index contributed by atoms with van der Waals surface area (Å²) in [7, 11) is 0. The zero-order valence-electron chi connectivity index (χ0n) is 2.80. The monoisotopic (exact) mass is 390 g/mol. The fraction of sp³-hybridized carbons (Fsp3) is 0. The second kappa shape index (κ2) is 86.2. The summed E-state index contributed by atoms with van der Waals surface area (Å²) in [4.78, 5) is 0. The van der Waals surface area contributed by atoms with Gasteiger partial charge in [-0.05, 0) is 0 Å². The van der Waals surface area contributed by atoms with Crippen molar-refractivity contribution in [1.29, 1.82) is 0 Å². The summed E-state index contributed by atoms with van der Waals surface area (Å²) in [5.41, 5.74) is 0. The Morgan fingerprint density at radius 2 is 0.375 bits per heavy atom. The predicted molar refractivity (Wildman–Crippen MR) is 53.4 cm³/mol. The molecule has 0 aromatic carbocycles. The number of hydrogen-bond donors (Lipinski definition) is 0. The van der Waals surface area contributed by atoms with Crippen LogP contribution >= 0.6 is 74.4 Å². The quantitative estimate of drug-likeness (QED) is 0.546. The van der Waals surface area contributed by atoms with Crippen molar-refractivity contribution < 1.29 is 17.1 Å². The van der Waals surface area contributed by atoms with Crippen molar-refractivity contribution in [2.45, 2.75) is 0 Å². The second-order valence-corrected chi connectivity index (χ2v) is 0. The van der Waals surface area contributed by atoms with Crippen LogP contribution in [0.2, 0.25) is 0 Å². The van der Waals surface area contributed by atoms with Gasteiger partial charge in [0.1, 0.15) is 0 Å². The first-order valence-corrected chi connectivity index (χ1v) is 0. The molecule has 0 saturated heterocycles. The van der Waals surface area contributed by atoms with Gasteiger partial charge in [0.2, 0.25) is 0 Å². The van der Waals surface area contributed by atoms with E-state index < -0.39 is 0 Å². The fourth-order valence-corrected chi connectivity index (χ4v) is 0. The first-order valence-electron chi connectivity index (χ1n) is 0. The third-order valence-corrected chi connectivity index (χ3v) is 0. The van der Waals surface area contributed by atoms with E-state index in [4.69, 9.17) is 0 Å². The van der Waals surface area contributed by atoms with Gasteiger partial charge in [-0.2, -0.15) is 0 Å². The van der Waals surface area contributed by atoms with Crippen LogP contribution in [0.4, 0.5) is 0 Å². The molecule has 0 atom stereocenters. The average molecular weight is 392 g/mol. The molecule has 0 bridgehead atoms. The molecular formula is H9Cl6FeIn. The normalized spacial score (nSPS) is 0. The Labute approximate surface area is 116 Å². The van der Waals surface area contributed by atoms with Crippen LogP contribution in [-0.4, -0.2) is 25.8 Å². The third-order valence-electron chi connectivity index (χ3n) is 0. The van der Waals surface area contributed by atoms with Crippen molar-refractivity contribution in [3.8, 4) is 0 Å². The maximum absolute atomic E-state index is 0. The number of halogens is 6. The van der Waals surface area contributed by atoms with Gasteiger partial charge in [-0.3, -0.25) is 0 Å². The van der Waals surface area contributed by atoms with Crippen molar-refractivity contribution in [2.24, 2.45) is 0 Å². The minimum atomic E-state index is 0. The van der Waals surface area contributed by atoms with E-state index in [0.29, 0.717) is 0 Å². The molecule has 0 aliphatic rings. The van der Waals surface area contributed by atoms with Gasteiger partial charge >= 0.3 is 25.8 Å². The number of hydrogen-bond acceptors (Lipinski definition) is 0. The molecule has 0 rings (SSSR count). The molecule has 0 aliphatic carbocycles. The van der Waals surface area contributed by atoms with Gasteiger partial charge in [0.05, 0.1) is 0 Å². The molecule has 0 heterocycles. The van der Waals surface area contributed by atoms with Crippen molar-refractivity contribution in [2.75, 3.05) is 0 Å². The molecule has 8 heteroatoms. The Morgan fingerprint density at radius 3 is 0.375 bits per heavy atom. The topological polar surface area (TPSA) is 0 Å². The Bertz CT molecular complexity index is 8.49. The van der Waals surface area contributed by atoms with Gasteiger partial charge in [-0.15, -0.1) is 74.4 Å². The van der Waals surface area contributed by atoms with Gasteiger partial charge in [0, 0.05) is 17.1 Å². The molecule has 0 N–H and O–H groups in total. The minimum absolute atomic E-state index is 0. The molecule has 0 aromatic heterocycles. The maximum atomic E-state index is 0. The Balaban J connectivity index is 0. The van der Waals surface area contributed by atoms with E-state index in [1.54, 1.807) is 0 Å². The number of rotatable bonds is 0. The van der Waals surface area contributed by atoms with Crippen LogP contribution in [0, 0.1) is 0 Å². The Kier molecular flexibility index (Phi) is 1260. The SMILES string of the molecule is Cl.Cl.Cl.Cl.Cl.Cl.[Fe].[InH3]. The molecule has 0 radical (unpaired) electrons. The van der Waals surface area contributed by atoms with Gasteiger partial charge in [0.25, 0.3) is 0 Å². The van der Waals surface area contributed by atoms with Crippen molar-refractivity contribution >= 4 is 100 Å². The van der Waals surface area contributed by atoms with Crippen LogP contribution in [0.3, 0.4) is 0 Å². The molecule has 0 aromatic rings. The zero-order chi connectivity index (χ0) is 0. The average Bonchev–Trinajstić information content (AvgIpc) is 0. The van der Waals surface area contributed by atoms with Crippen LogP contribution in [0.15, 0.2) is 0 Å². The summed E-state index contributed by atoms with van der Waals surface area (Å²) in [6.45, 7) is 0. The third kappa shape index (κ3) is 61.6. The molecule has 0 unspecified atom stereocenters. The van der Waals surface area contributed by atoms with E-state index in [1.165, 1.54) is 0 Å². The van der Waals surface area contributed by atoms with Crippen LogP contribution in [0.1, 0.15) is 0 Å². The van der Waals surface area contributed by atoms with Crippen molar-refractivity contribution in [3.05, 3.63) is 0 Å². The van der Waals surface area contributed by atoms with E-state index in [2.05, 4.69) is 0 Å². The predicted octanol–water partition coefficient (Wildman–Crippen LogP) is 1.34. The molecule has 0 fully saturated rings. The molecule has 0 spiro atoms. The fourth-order valence-electron chi connectivity index (χ4n) is 0. The second-order valence-electron chi connectivity index (χ2n) is 0. The Morgan fingerprint density at radius 1 is 0.375 bits per heavy atom. The summed E-state index contributed by atoms with van der Waals surface area (Å²) >= 11 is 0. The van der Waals surface area contributed by atoms with E-state index >= 15 is 0 Å². The summed E-state index contributed by atoms with van der Waals surface area (Å²) < 4.78 is 0. The van der Waals surface area contributed by atoms with Gasteiger partial charge in [-0.1, -0.05) is 0 Å². The molecule has 0 nitrogen and oxygen atoms in total. The van der Waals surface area contributed by atoms with E-state index in [1.807, 2.05) is 0 Å². The van der Waals surface area contributed by atoms with Gasteiger partial charge in [0.15, 0.2) is 0 Å². The summed E-state index contributed by atoms with van der Waals surface area (Å²) in [6, 6.07) is 0. The van der Waals surface area contributed by atoms with Crippen LogP contribution in [0.25, 0.3) is 0 Å². The molecule has 0 amide bonds. The zero-order valence-corrected chi connectivity index (χ0v) is 8.81. The van der Waals surface area contributed by atoms with E-state index in [0.717, 1.165) is 0 Å². The van der Waals surface area contributed by atoms with Gasteiger partial charge in [-0.25, -0.2) is 0 Å². The van der Waals surface area contributed by atoms with Crippen LogP contribution < -0.4 is 0 Å². The van der Waals surface area contributed by atoms with E-state index in [9.17, 15) is 0 Å². The molecule has 0 aliphatic heterocycles. The van der Waals surface area contributed by atoms with Gasteiger partial charge < -0.3 is 0 Å². The standard InChI is InChI=1S/6ClH.Fe.In.3H/h6*1H;;;;;. The first-order chi connectivity index (χ1) is 0. The molecule has 62 valence electrons. The summed E-state index contributed by atoms with van der Waals surface area (Å²) in [6.07, 6.45) is 0. The first kappa shape index (κ1) is 117. The summed E-state index contributed by atoms with van der Waals surface area (Å²) in [5.74, 6) is 0. The van der Waals surface area contributed by atoms with E-state index in [-0.39, 0.29) is 117 Å². The van der Waals surface area contributed by atoms with Crippen molar-refractivity contribution in [1.82, 2.24) is 0 Å². The molecule has 0 saturated carbocycles. The summed E-state index contributed by atoms with van der Waals surface area (Å²) in [5, 5.41) is 0. The molecule has 8 heavy (non-hydrogen) atoms.